The Morgan fingerprint density at radius 1 is 1.17 bits per heavy atom. The number of hydrogen-bond donors (Lipinski definition) is 2. The number of nitrogens with zero attached hydrogens (tertiary/aromatic N) is 5. The van der Waals surface area contributed by atoms with Crippen LogP contribution in [-0.2, 0) is 0 Å². The number of rotatable bonds is 7. The monoisotopic (exact) mass is 403 g/mol. The minimum atomic E-state index is -0.367. The van der Waals surface area contributed by atoms with Gasteiger partial charge in [-0.05, 0) is 35.4 Å². The van der Waals surface area contributed by atoms with Gasteiger partial charge in [-0.25, -0.2) is 4.68 Å². The zero-order chi connectivity index (χ0) is 20.9. The predicted octanol–water partition coefficient (Wildman–Crippen LogP) is 3.34. The van der Waals surface area contributed by atoms with Crippen LogP contribution in [0.5, 0.6) is 5.75 Å². The largest absolute Gasteiger partial charge is 0.489 e. The summed E-state index contributed by atoms with van der Waals surface area (Å²) >= 11 is 0. The Kier molecular flexibility index (Phi) is 5.51. The number of carbonyl (C=O) groups excluding carboxylic acids is 1. The molecule has 0 bridgehead atoms. The van der Waals surface area contributed by atoms with Gasteiger partial charge >= 0.3 is 0 Å². The Bertz CT molecular complexity index is 1120. The van der Waals surface area contributed by atoms with Crippen molar-refractivity contribution in [3.05, 3.63) is 66.5 Å². The number of H-pyrrole nitrogens is 1. The van der Waals surface area contributed by atoms with Gasteiger partial charge in [-0.1, -0.05) is 44.2 Å². The van der Waals surface area contributed by atoms with E-state index in [0.717, 1.165) is 11.3 Å². The lowest BCUT2D eigenvalue weighted by Gasteiger charge is -2.09. The number of aromatic nitrogens is 6. The van der Waals surface area contributed by atoms with Crippen molar-refractivity contribution in [3.8, 4) is 22.8 Å². The quantitative estimate of drug-likeness (QED) is 0.490. The predicted molar refractivity (Wildman–Crippen MR) is 111 cm³/mol. The second-order valence-electron chi connectivity index (χ2n) is 7.10. The summed E-state index contributed by atoms with van der Waals surface area (Å²) in [5, 5.41) is 21.2. The lowest BCUT2D eigenvalue weighted by Crippen LogP contribution is -2.15. The van der Waals surface area contributed by atoms with Crippen molar-refractivity contribution in [3.63, 3.8) is 0 Å². The number of carbonyl (C=O) groups is 1. The summed E-state index contributed by atoms with van der Waals surface area (Å²) < 4.78 is 7.50. The van der Waals surface area contributed by atoms with Gasteiger partial charge in [0, 0.05) is 11.3 Å². The standard InChI is InChI=1S/C21H21N7O2/c1-14(2)13-30-18-12-28(17-9-4-3-5-10-17)25-19(18)21(29)22-16-8-6-7-15(11-16)20-23-26-27-24-20/h3-12,14H,13H2,1-2H3,(H,22,29)(H,23,24,26,27). The molecule has 30 heavy (non-hydrogen) atoms. The normalized spacial score (nSPS) is 10.9. The molecule has 9 nitrogen and oxygen atoms in total. The molecule has 0 spiro atoms. The molecule has 0 unspecified atom stereocenters. The van der Waals surface area contributed by atoms with Gasteiger partial charge in [-0.15, -0.1) is 10.2 Å². The number of amides is 1. The summed E-state index contributed by atoms with van der Waals surface area (Å²) in [6.45, 7) is 4.57. The molecule has 0 fully saturated rings. The van der Waals surface area contributed by atoms with E-state index >= 15 is 0 Å². The molecule has 0 saturated heterocycles. The summed E-state index contributed by atoms with van der Waals surface area (Å²) in [7, 11) is 0. The average Bonchev–Trinajstić information content (AvgIpc) is 3.43. The van der Waals surface area contributed by atoms with Gasteiger partial charge in [0.05, 0.1) is 18.5 Å². The van der Waals surface area contributed by atoms with Gasteiger partial charge in [0.25, 0.3) is 5.91 Å². The van der Waals surface area contributed by atoms with E-state index in [9.17, 15) is 4.79 Å². The van der Waals surface area contributed by atoms with E-state index in [2.05, 4.69) is 31.0 Å². The van der Waals surface area contributed by atoms with Crippen LogP contribution in [0.25, 0.3) is 17.1 Å². The number of aromatic amines is 1. The molecule has 0 aliphatic carbocycles. The number of nitrogens with one attached hydrogen (secondary N) is 2. The van der Waals surface area contributed by atoms with Crippen molar-refractivity contribution in [2.45, 2.75) is 13.8 Å². The number of anilines is 1. The number of ether oxygens (including phenoxy) is 1. The Hall–Kier alpha value is -4.01. The highest BCUT2D eigenvalue weighted by molar-refractivity contribution is 6.05. The number of tetrazole rings is 1. The maximum atomic E-state index is 13.0. The second-order valence-corrected chi connectivity index (χ2v) is 7.10. The fourth-order valence-electron chi connectivity index (χ4n) is 2.80. The van der Waals surface area contributed by atoms with Crippen molar-refractivity contribution in [2.24, 2.45) is 5.92 Å². The van der Waals surface area contributed by atoms with Gasteiger partial charge in [0.1, 0.15) is 0 Å². The van der Waals surface area contributed by atoms with E-state index in [1.165, 1.54) is 0 Å². The van der Waals surface area contributed by atoms with E-state index in [1.54, 1.807) is 29.1 Å². The molecule has 4 aromatic rings. The van der Waals surface area contributed by atoms with Crippen LogP contribution < -0.4 is 10.1 Å². The highest BCUT2D eigenvalue weighted by Gasteiger charge is 2.20. The minimum absolute atomic E-state index is 0.212. The Balaban J connectivity index is 1.61. The second kappa shape index (κ2) is 8.56. The lowest BCUT2D eigenvalue weighted by atomic mass is 10.2. The highest BCUT2D eigenvalue weighted by atomic mass is 16.5. The zero-order valence-electron chi connectivity index (χ0n) is 16.6. The maximum Gasteiger partial charge on any atom is 0.280 e. The molecule has 0 radical (unpaired) electrons. The smallest absolute Gasteiger partial charge is 0.280 e. The summed E-state index contributed by atoms with van der Waals surface area (Å²) in [5.74, 6) is 0.820. The third-order valence-electron chi connectivity index (χ3n) is 4.21. The summed E-state index contributed by atoms with van der Waals surface area (Å²) in [6, 6.07) is 16.8. The molecule has 0 saturated carbocycles. The van der Waals surface area contributed by atoms with E-state index in [-0.39, 0.29) is 11.6 Å². The third kappa shape index (κ3) is 4.35. The van der Waals surface area contributed by atoms with E-state index in [4.69, 9.17) is 4.74 Å². The van der Waals surface area contributed by atoms with Crippen LogP contribution in [0.3, 0.4) is 0 Å². The molecule has 9 heteroatoms. The molecule has 2 N–H and O–H groups in total. The molecule has 2 heterocycles. The number of hydrogen-bond acceptors (Lipinski definition) is 6. The van der Waals surface area contributed by atoms with Crippen molar-refractivity contribution < 1.29 is 9.53 Å². The first-order valence-corrected chi connectivity index (χ1v) is 9.53. The van der Waals surface area contributed by atoms with Crippen molar-refractivity contribution in [2.75, 3.05) is 11.9 Å². The first-order valence-electron chi connectivity index (χ1n) is 9.53. The highest BCUT2D eigenvalue weighted by Crippen LogP contribution is 2.23. The van der Waals surface area contributed by atoms with Gasteiger partial charge in [-0.2, -0.15) is 10.3 Å². The molecule has 0 aliphatic rings. The first-order chi connectivity index (χ1) is 14.6. The molecule has 2 aromatic heterocycles. The van der Waals surface area contributed by atoms with Gasteiger partial charge in [-0.3, -0.25) is 4.79 Å². The summed E-state index contributed by atoms with van der Waals surface area (Å²) in [4.78, 5) is 13.0. The Morgan fingerprint density at radius 3 is 2.73 bits per heavy atom. The Morgan fingerprint density at radius 2 is 2.00 bits per heavy atom. The molecule has 0 atom stereocenters. The number of benzene rings is 2. The van der Waals surface area contributed by atoms with Crippen molar-refractivity contribution >= 4 is 11.6 Å². The van der Waals surface area contributed by atoms with Crippen LogP contribution in [0, 0.1) is 5.92 Å². The average molecular weight is 403 g/mol. The molecule has 0 aliphatic heterocycles. The van der Waals surface area contributed by atoms with Crippen LogP contribution in [0.1, 0.15) is 24.3 Å². The molecule has 1 amide bonds. The maximum absolute atomic E-state index is 13.0. The van der Waals surface area contributed by atoms with E-state index in [1.807, 2.05) is 50.2 Å². The molecule has 4 rings (SSSR count). The third-order valence-corrected chi connectivity index (χ3v) is 4.21. The van der Waals surface area contributed by atoms with Gasteiger partial charge in [0.15, 0.2) is 11.4 Å². The molecular formula is C21H21N7O2. The zero-order valence-corrected chi connectivity index (χ0v) is 16.6. The van der Waals surface area contributed by atoms with Gasteiger partial charge in [0.2, 0.25) is 5.82 Å². The van der Waals surface area contributed by atoms with Crippen molar-refractivity contribution in [1.29, 1.82) is 0 Å². The fourth-order valence-corrected chi connectivity index (χ4v) is 2.80. The van der Waals surface area contributed by atoms with Crippen LogP contribution in [0.4, 0.5) is 5.69 Å². The van der Waals surface area contributed by atoms with Crippen LogP contribution in [-0.4, -0.2) is 42.9 Å². The fraction of sp³-hybridized carbons (Fsp3) is 0.190. The SMILES string of the molecule is CC(C)COc1cn(-c2ccccc2)nc1C(=O)Nc1cccc(-c2nn[nH]n2)c1. The number of para-hydroxylation sites is 1. The molecular weight excluding hydrogens is 382 g/mol. The topological polar surface area (TPSA) is 111 Å². The van der Waals surface area contributed by atoms with Crippen LogP contribution >= 0.6 is 0 Å². The molecule has 2 aromatic carbocycles. The van der Waals surface area contributed by atoms with E-state index < -0.39 is 0 Å². The van der Waals surface area contributed by atoms with Crippen LogP contribution in [0.15, 0.2) is 60.8 Å². The Labute approximate surface area is 173 Å². The summed E-state index contributed by atoms with van der Waals surface area (Å²) in [5.41, 5.74) is 2.37. The van der Waals surface area contributed by atoms with Gasteiger partial charge < -0.3 is 10.1 Å². The molecule has 152 valence electrons. The first kappa shape index (κ1) is 19.3. The van der Waals surface area contributed by atoms with Crippen molar-refractivity contribution in [1.82, 2.24) is 30.4 Å². The summed E-state index contributed by atoms with van der Waals surface area (Å²) in [6.07, 6.45) is 1.72. The minimum Gasteiger partial charge on any atom is -0.489 e. The lowest BCUT2D eigenvalue weighted by molar-refractivity contribution is 0.101. The van der Waals surface area contributed by atoms with E-state index in [0.29, 0.717) is 29.8 Å². The van der Waals surface area contributed by atoms with Crippen LogP contribution in [0.2, 0.25) is 0 Å².